The molecule has 0 amide bonds. The van der Waals surface area contributed by atoms with Gasteiger partial charge in [-0.2, -0.15) is 0 Å². The van der Waals surface area contributed by atoms with Gasteiger partial charge in [0.2, 0.25) is 10.0 Å². The lowest BCUT2D eigenvalue weighted by molar-refractivity contribution is 0.602. The topological polar surface area (TPSA) is 59.1 Å². The summed E-state index contributed by atoms with van der Waals surface area (Å²) in [5.41, 5.74) is 4.17. The van der Waals surface area contributed by atoms with Gasteiger partial charge < -0.3 is 0 Å². The van der Waals surface area contributed by atoms with Crippen molar-refractivity contribution in [2.75, 3.05) is 10.5 Å². The summed E-state index contributed by atoms with van der Waals surface area (Å²) in [6, 6.07) is 6.12. The molecule has 0 saturated heterocycles. The summed E-state index contributed by atoms with van der Waals surface area (Å²) in [4.78, 5) is 4.33. The van der Waals surface area contributed by atoms with E-state index in [1.54, 1.807) is 6.92 Å². The van der Waals surface area contributed by atoms with Crippen LogP contribution >= 0.6 is 11.3 Å². The highest BCUT2D eigenvalue weighted by Crippen LogP contribution is 2.28. The van der Waals surface area contributed by atoms with Crippen molar-refractivity contribution in [3.63, 3.8) is 0 Å². The van der Waals surface area contributed by atoms with Gasteiger partial charge >= 0.3 is 0 Å². The van der Waals surface area contributed by atoms with Crippen molar-refractivity contribution in [1.29, 1.82) is 0 Å². The molecule has 102 valence electrons. The Labute approximate surface area is 117 Å². The standard InChI is InChI=1S/C13H16N2O2S2/c1-4-19(16,17)15-13-14-12(8-18-13)11-6-5-9(2)7-10(11)3/h5-8H,4H2,1-3H3,(H,14,15). The quantitative estimate of drug-likeness (QED) is 0.942. The summed E-state index contributed by atoms with van der Waals surface area (Å²) in [6.45, 7) is 5.66. The molecule has 1 aromatic carbocycles. The Balaban J connectivity index is 2.31. The third kappa shape index (κ3) is 3.33. The molecule has 1 N–H and O–H groups in total. The second kappa shape index (κ2) is 5.30. The zero-order valence-electron chi connectivity index (χ0n) is 11.1. The van der Waals surface area contributed by atoms with Gasteiger partial charge in [0.1, 0.15) is 0 Å². The predicted molar refractivity (Wildman–Crippen MR) is 80.1 cm³/mol. The van der Waals surface area contributed by atoms with Gasteiger partial charge in [0.25, 0.3) is 0 Å². The van der Waals surface area contributed by atoms with E-state index in [1.807, 2.05) is 31.4 Å². The number of thiazole rings is 1. The molecule has 6 heteroatoms. The first kappa shape index (κ1) is 14.0. The van der Waals surface area contributed by atoms with Crippen LogP contribution < -0.4 is 4.72 Å². The van der Waals surface area contributed by atoms with E-state index in [4.69, 9.17) is 0 Å². The summed E-state index contributed by atoms with van der Waals surface area (Å²) < 4.78 is 25.4. The Hall–Kier alpha value is -1.40. The average Bonchev–Trinajstić information content (AvgIpc) is 2.76. The maximum atomic E-state index is 11.5. The van der Waals surface area contributed by atoms with Gasteiger partial charge in [0.05, 0.1) is 11.4 Å². The summed E-state index contributed by atoms with van der Waals surface area (Å²) in [6.07, 6.45) is 0. The molecule has 0 radical (unpaired) electrons. The van der Waals surface area contributed by atoms with Crippen LogP contribution in [0.25, 0.3) is 11.3 Å². The van der Waals surface area contributed by atoms with Gasteiger partial charge in [-0.05, 0) is 26.3 Å². The van der Waals surface area contributed by atoms with Crippen LogP contribution in [0.4, 0.5) is 5.13 Å². The highest BCUT2D eigenvalue weighted by atomic mass is 32.2. The molecule has 2 aromatic rings. The van der Waals surface area contributed by atoms with E-state index in [1.165, 1.54) is 16.9 Å². The van der Waals surface area contributed by atoms with E-state index >= 15 is 0 Å². The smallest absolute Gasteiger partial charge is 0.234 e. The van der Waals surface area contributed by atoms with E-state index in [-0.39, 0.29) is 5.75 Å². The molecule has 0 bridgehead atoms. The summed E-state index contributed by atoms with van der Waals surface area (Å²) in [5, 5.41) is 2.28. The maximum Gasteiger partial charge on any atom is 0.234 e. The second-order valence-corrected chi connectivity index (χ2v) is 7.23. The lowest BCUT2D eigenvalue weighted by Gasteiger charge is -2.04. The van der Waals surface area contributed by atoms with E-state index < -0.39 is 10.0 Å². The second-order valence-electron chi connectivity index (χ2n) is 4.36. The Bertz CT molecular complexity index is 690. The first-order valence-corrected chi connectivity index (χ1v) is 8.48. The SMILES string of the molecule is CCS(=O)(=O)Nc1nc(-c2ccc(C)cc2C)cs1. The van der Waals surface area contributed by atoms with Crippen molar-refractivity contribution in [3.8, 4) is 11.3 Å². The molecule has 2 rings (SSSR count). The van der Waals surface area contributed by atoms with Gasteiger partial charge in [-0.25, -0.2) is 13.4 Å². The third-order valence-electron chi connectivity index (χ3n) is 2.78. The van der Waals surface area contributed by atoms with Crippen LogP contribution in [0.2, 0.25) is 0 Å². The molecule has 0 fully saturated rings. The van der Waals surface area contributed by atoms with Crippen molar-refractivity contribution in [1.82, 2.24) is 4.98 Å². The largest absolute Gasteiger partial charge is 0.259 e. The highest BCUT2D eigenvalue weighted by Gasteiger charge is 2.12. The Kier molecular flexibility index (Phi) is 3.91. The van der Waals surface area contributed by atoms with Crippen LogP contribution in [0, 0.1) is 13.8 Å². The van der Waals surface area contributed by atoms with Crippen LogP contribution in [0.5, 0.6) is 0 Å². The molecule has 0 atom stereocenters. The van der Waals surface area contributed by atoms with Crippen LogP contribution in [0.3, 0.4) is 0 Å². The summed E-state index contributed by atoms with van der Waals surface area (Å²) >= 11 is 1.30. The zero-order chi connectivity index (χ0) is 14.0. The van der Waals surface area contributed by atoms with Gasteiger partial charge in [0.15, 0.2) is 5.13 Å². The molecule has 1 heterocycles. The first-order valence-electron chi connectivity index (χ1n) is 5.95. The number of rotatable bonds is 4. The Morgan fingerprint density at radius 2 is 2.05 bits per heavy atom. The molecule has 0 spiro atoms. The number of nitrogens with zero attached hydrogens (tertiary/aromatic N) is 1. The van der Waals surface area contributed by atoms with Crippen LogP contribution in [0.15, 0.2) is 23.6 Å². The number of sulfonamides is 1. The first-order chi connectivity index (χ1) is 8.91. The lowest BCUT2D eigenvalue weighted by atomic mass is 10.0. The molecular weight excluding hydrogens is 280 g/mol. The molecule has 0 aliphatic rings. The normalized spacial score (nSPS) is 11.5. The van der Waals surface area contributed by atoms with Crippen molar-refractivity contribution in [3.05, 3.63) is 34.7 Å². The van der Waals surface area contributed by atoms with Gasteiger partial charge in [-0.15, -0.1) is 11.3 Å². The number of hydrogen-bond donors (Lipinski definition) is 1. The maximum absolute atomic E-state index is 11.5. The van der Waals surface area contributed by atoms with E-state index in [2.05, 4.69) is 15.8 Å². The predicted octanol–water partition coefficient (Wildman–Crippen LogP) is 3.19. The number of benzene rings is 1. The fourth-order valence-electron chi connectivity index (χ4n) is 1.75. The van der Waals surface area contributed by atoms with Gasteiger partial charge in [0, 0.05) is 10.9 Å². The van der Waals surface area contributed by atoms with Crippen LogP contribution in [0.1, 0.15) is 18.1 Å². The minimum absolute atomic E-state index is 0.0471. The van der Waals surface area contributed by atoms with E-state index in [9.17, 15) is 8.42 Å². The minimum Gasteiger partial charge on any atom is -0.259 e. The van der Waals surface area contributed by atoms with Crippen molar-refractivity contribution in [2.24, 2.45) is 0 Å². The van der Waals surface area contributed by atoms with Crippen molar-refractivity contribution in [2.45, 2.75) is 20.8 Å². The fraction of sp³-hybridized carbons (Fsp3) is 0.308. The molecule has 0 unspecified atom stereocenters. The summed E-state index contributed by atoms with van der Waals surface area (Å²) in [5.74, 6) is 0.0471. The third-order valence-corrected chi connectivity index (χ3v) is 4.94. The minimum atomic E-state index is -3.26. The van der Waals surface area contributed by atoms with Crippen LogP contribution in [-0.2, 0) is 10.0 Å². The highest BCUT2D eigenvalue weighted by molar-refractivity contribution is 7.92. The van der Waals surface area contributed by atoms with Gasteiger partial charge in [-0.3, -0.25) is 4.72 Å². The van der Waals surface area contributed by atoms with Gasteiger partial charge in [-0.1, -0.05) is 23.8 Å². The van der Waals surface area contributed by atoms with E-state index in [0.29, 0.717) is 5.13 Å². The number of aromatic nitrogens is 1. The van der Waals surface area contributed by atoms with Crippen molar-refractivity contribution >= 4 is 26.5 Å². The lowest BCUT2D eigenvalue weighted by Crippen LogP contribution is -2.14. The number of anilines is 1. The molecule has 0 saturated carbocycles. The van der Waals surface area contributed by atoms with Crippen molar-refractivity contribution < 1.29 is 8.42 Å². The Morgan fingerprint density at radius 3 is 2.68 bits per heavy atom. The molecule has 0 aliphatic heterocycles. The molecular formula is C13H16N2O2S2. The number of hydrogen-bond acceptors (Lipinski definition) is 4. The fourth-order valence-corrected chi connectivity index (χ4v) is 3.33. The zero-order valence-corrected chi connectivity index (χ0v) is 12.7. The number of aryl methyl sites for hydroxylation is 2. The molecule has 19 heavy (non-hydrogen) atoms. The average molecular weight is 296 g/mol. The summed E-state index contributed by atoms with van der Waals surface area (Å²) in [7, 11) is -3.26. The van der Waals surface area contributed by atoms with Crippen LogP contribution in [-0.4, -0.2) is 19.2 Å². The monoisotopic (exact) mass is 296 g/mol. The van der Waals surface area contributed by atoms with E-state index in [0.717, 1.165) is 16.8 Å². The molecule has 0 aliphatic carbocycles. The Morgan fingerprint density at radius 1 is 1.32 bits per heavy atom. The molecule has 1 aromatic heterocycles. The number of nitrogens with one attached hydrogen (secondary N) is 1. The molecule has 4 nitrogen and oxygen atoms in total.